The Bertz CT molecular complexity index is 435. The van der Waals surface area contributed by atoms with Gasteiger partial charge in [-0.15, -0.1) is 0 Å². The molecule has 1 aromatic rings. The first-order chi connectivity index (χ1) is 8.38. The smallest absolute Gasteiger partial charge is 0.382 e. The predicted molar refractivity (Wildman–Crippen MR) is 57.5 cm³/mol. The second-order valence-corrected chi connectivity index (χ2v) is 4.24. The highest BCUT2D eigenvalue weighted by atomic mass is 19.4. The zero-order valence-electron chi connectivity index (χ0n) is 9.52. The van der Waals surface area contributed by atoms with Crippen molar-refractivity contribution in [3.05, 3.63) is 12.3 Å². The van der Waals surface area contributed by atoms with Gasteiger partial charge < -0.3 is 10.6 Å². The number of nitrogens with two attached hydrogens (primary N) is 1. The number of hydrogen-bond acceptors (Lipinski definition) is 3. The molecule has 1 aromatic heterocycles. The van der Waals surface area contributed by atoms with E-state index in [0.29, 0.717) is 18.7 Å². The maximum Gasteiger partial charge on any atom is 0.471 e. The lowest BCUT2D eigenvalue weighted by atomic mass is 10.1. The Kier molecular flexibility index (Phi) is 3.18. The molecule has 0 radical (unpaired) electrons. The lowest BCUT2D eigenvalue weighted by Crippen LogP contribution is -2.45. The zero-order valence-corrected chi connectivity index (χ0v) is 9.52. The molecule has 1 amide bonds. The maximum absolute atomic E-state index is 12.2. The Morgan fingerprint density at radius 3 is 2.44 bits per heavy atom. The fourth-order valence-electron chi connectivity index (χ4n) is 2.07. The molecule has 2 heterocycles. The summed E-state index contributed by atoms with van der Waals surface area (Å²) in [6.07, 6.45) is -2.20. The molecule has 0 spiro atoms. The van der Waals surface area contributed by atoms with Crippen LogP contribution in [0.5, 0.6) is 0 Å². The molecule has 0 saturated carbocycles. The molecule has 1 aliphatic heterocycles. The van der Waals surface area contributed by atoms with Crippen LogP contribution in [-0.4, -0.2) is 39.9 Å². The van der Waals surface area contributed by atoms with Gasteiger partial charge in [0.1, 0.15) is 5.82 Å². The highest BCUT2D eigenvalue weighted by Crippen LogP contribution is 2.26. The molecule has 0 aliphatic carbocycles. The Hall–Kier alpha value is -1.73. The van der Waals surface area contributed by atoms with E-state index in [1.807, 2.05) is 0 Å². The molecular formula is C10H13F3N4O. The SMILES string of the molecule is Nc1ccn(C2CCN(C(=O)C(F)(F)F)CC2)n1. The molecule has 0 atom stereocenters. The van der Waals surface area contributed by atoms with Crippen molar-refractivity contribution in [3.63, 3.8) is 0 Å². The summed E-state index contributed by atoms with van der Waals surface area (Å²) in [5.74, 6) is -1.38. The Balaban J connectivity index is 1.94. The number of carbonyl (C=O) groups excluding carboxylic acids is 1. The molecule has 1 aliphatic rings. The molecule has 2 rings (SSSR count). The van der Waals surface area contributed by atoms with Crippen molar-refractivity contribution in [1.29, 1.82) is 0 Å². The van der Waals surface area contributed by atoms with Gasteiger partial charge in [0.15, 0.2) is 0 Å². The number of alkyl halides is 3. The minimum absolute atomic E-state index is 0.000385. The van der Waals surface area contributed by atoms with Gasteiger partial charge in [0.2, 0.25) is 0 Å². The van der Waals surface area contributed by atoms with E-state index in [0.717, 1.165) is 4.90 Å². The topological polar surface area (TPSA) is 64.2 Å². The van der Waals surface area contributed by atoms with Crippen molar-refractivity contribution < 1.29 is 18.0 Å². The van der Waals surface area contributed by atoms with Gasteiger partial charge >= 0.3 is 12.1 Å². The number of halogens is 3. The second-order valence-electron chi connectivity index (χ2n) is 4.24. The predicted octanol–water partition coefficient (Wildman–Crippen LogP) is 1.19. The summed E-state index contributed by atoms with van der Waals surface area (Å²) in [4.78, 5) is 11.9. The maximum atomic E-state index is 12.2. The largest absolute Gasteiger partial charge is 0.471 e. The number of rotatable bonds is 1. The van der Waals surface area contributed by atoms with E-state index in [-0.39, 0.29) is 19.1 Å². The van der Waals surface area contributed by atoms with Gasteiger partial charge in [-0.05, 0) is 18.9 Å². The number of nitrogen functional groups attached to an aromatic ring is 1. The third-order valence-electron chi connectivity index (χ3n) is 3.00. The summed E-state index contributed by atoms with van der Waals surface area (Å²) in [6, 6.07) is 1.63. The average molecular weight is 262 g/mol. The Labute approximate surface area is 101 Å². The Morgan fingerprint density at radius 1 is 1.39 bits per heavy atom. The van der Waals surface area contributed by atoms with Gasteiger partial charge in [0.25, 0.3) is 0 Å². The number of amides is 1. The quantitative estimate of drug-likeness (QED) is 0.826. The van der Waals surface area contributed by atoms with Crippen LogP contribution < -0.4 is 5.73 Å². The van der Waals surface area contributed by atoms with E-state index in [1.165, 1.54) is 0 Å². The standard InChI is InChI=1S/C10H13F3N4O/c11-10(12,13)9(18)16-4-1-7(2-5-16)17-6-3-8(14)15-17/h3,6-7H,1-2,4-5H2,(H2,14,15). The zero-order chi connectivity index (χ0) is 13.3. The summed E-state index contributed by atoms with van der Waals surface area (Å²) >= 11 is 0. The number of anilines is 1. The normalized spacial score (nSPS) is 18.1. The van der Waals surface area contributed by atoms with E-state index >= 15 is 0 Å². The number of hydrogen-bond donors (Lipinski definition) is 1. The number of nitrogens with zero attached hydrogens (tertiary/aromatic N) is 3. The van der Waals surface area contributed by atoms with Crippen molar-refractivity contribution in [1.82, 2.24) is 14.7 Å². The van der Waals surface area contributed by atoms with Gasteiger partial charge in [-0.3, -0.25) is 9.48 Å². The number of carbonyl (C=O) groups is 1. The van der Waals surface area contributed by atoms with Crippen LogP contribution in [-0.2, 0) is 4.79 Å². The van der Waals surface area contributed by atoms with Crippen LogP contribution in [0, 0.1) is 0 Å². The van der Waals surface area contributed by atoms with E-state index < -0.39 is 12.1 Å². The monoisotopic (exact) mass is 262 g/mol. The minimum atomic E-state index is -4.79. The van der Waals surface area contributed by atoms with Gasteiger partial charge in [-0.1, -0.05) is 0 Å². The fourth-order valence-corrected chi connectivity index (χ4v) is 2.07. The summed E-state index contributed by atoms with van der Waals surface area (Å²) < 4.78 is 38.3. The van der Waals surface area contributed by atoms with Crippen LogP contribution in [0.2, 0.25) is 0 Å². The molecular weight excluding hydrogens is 249 g/mol. The summed E-state index contributed by atoms with van der Waals surface area (Å²) in [5, 5.41) is 4.02. The van der Waals surface area contributed by atoms with Crippen molar-refractivity contribution in [2.75, 3.05) is 18.8 Å². The molecule has 0 bridgehead atoms. The molecule has 2 N–H and O–H groups in total. The molecule has 5 nitrogen and oxygen atoms in total. The van der Waals surface area contributed by atoms with Gasteiger partial charge in [0, 0.05) is 19.3 Å². The first kappa shape index (κ1) is 12.7. The number of piperidine rings is 1. The molecule has 0 unspecified atom stereocenters. The van der Waals surface area contributed by atoms with Gasteiger partial charge in [-0.2, -0.15) is 18.3 Å². The summed E-state index contributed by atoms with van der Waals surface area (Å²) in [7, 11) is 0. The van der Waals surface area contributed by atoms with Gasteiger partial charge in [0.05, 0.1) is 6.04 Å². The molecule has 0 aromatic carbocycles. The lowest BCUT2D eigenvalue weighted by molar-refractivity contribution is -0.186. The third-order valence-corrected chi connectivity index (χ3v) is 3.00. The van der Waals surface area contributed by atoms with Crippen LogP contribution in [0.3, 0.4) is 0 Å². The van der Waals surface area contributed by atoms with Crippen LogP contribution in [0.4, 0.5) is 19.0 Å². The Morgan fingerprint density at radius 2 is 2.00 bits per heavy atom. The van der Waals surface area contributed by atoms with E-state index in [2.05, 4.69) is 5.10 Å². The van der Waals surface area contributed by atoms with Crippen molar-refractivity contribution in [2.24, 2.45) is 0 Å². The molecule has 1 fully saturated rings. The van der Waals surface area contributed by atoms with E-state index in [9.17, 15) is 18.0 Å². The molecule has 100 valence electrons. The van der Waals surface area contributed by atoms with Crippen molar-refractivity contribution in [3.8, 4) is 0 Å². The summed E-state index contributed by atoms with van der Waals surface area (Å²) in [6.45, 7) is 0.172. The second kappa shape index (κ2) is 4.51. The van der Waals surface area contributed by atoms with E-state index in [4.69, 9.17) is 5.73 Å². The molecule has 18 heavy (non-hydrogen) atoms. The summed E-state index contributed by atoms with van der Waals surface area (Å²) in [5.41, 5.74) is 5.47. The minimum Gasteiger partial charge on any atom is -0.382 e. The van der Waals surface area contributed by atoms with Crippen LogP contribution in [0.25, 0.3) is 0 Å². The number of aromatic nitrogens is 2. The number of likely N-dealkylation sites (tertiary alicyclic amines) is 1. The first-order valence-corrected chi connectivity index (χ1v) is 5.54. The van der Waals surface area contributed by atoms with Crippen LogP contribution in [0.15, 0.2) is 12.3 Å². The first-order valence-electron chi connectivity index (χ1n) is 5.54. The molecule has 1 saturated heterocycles. The van der Waals surface area contributed by atoms with E-state index in [1.54, 1.807) is 16.9 Å². The van der Waals surface area contributed by atoms with Crippen molar-refractivity contribution >= 4 is 11.7 Å². The average Bonchev–Trinajstić information content (AvgIpc) is 2.74. The fraction of sp³-hybridized carbons (Fsp3) is 0.600. The molecule has 8 heteroatoms. The highest BCUT2D eigenvalue weighted by Gasteiger charge is 2.43. The van der Waals surface area contributed by atoms with Crippen molar-refractivity contribution in [2.45, 2.75) is 25.1 Å². The van der Waals surface area contributed by atoms with Crippen LogP contribution in [0.1, 0.15) is 18.9 Å². The highest BCUT2D eigenvalue weighted by molar-refractivity contribution is 5.81. The lowest BCUT2D eigenvalue weighted by Gasteiger charge is -2.32. The van der Waals surface area contributed by atoms with Gasteiger partial charge in [-0.25, -0.2) is 0 Å². The van der Waals surface area contributed by atoms with Crippen LogP contribution >= 0.6 is 0 Å². The third kappa shape index (κ3) is 2.57.